The van der Waals surface area contributed by atoms with Gasteiger partial charge in [-0.05, 0) is 18.4 Å². The van der Waals surface area contributed by atoms with Crippen molar-refractivity contribution in [2.45, 2.75) is 43.9 Å². The van der Waals surface area contributed by atoms with Gasteiger partial charge in [0.15, 0.2) is 0 Å². The van der Waals surface area contributed by atoms with E-state index in [2.05, 4.69) is 45.8 Å². The van der Waals surface area contributed by atoms with Gasteiger partial charge in [-0.25, -0.2) is 0 Å². The topological polar surface area (TPSA) is 77.0 Å². The number of halogens is 1. The molecule has 0 amide bonds. The molecule has 0 saturated heterocycles. The fraction of sp³-hybridized carbons (Fsp3) is 0.529. The minimum Gasteiger partial charge on any atom is -0.408 e. The number of rotatable bonds is 6. The SMILES string of the molecule is Cl.NCCc1nnc(NCC2(c3ccccc3)CCCCC2)o1. The predicted molar refractivity (Wildman–Crippen MR) is 94.0 cm³/mol. The average Bonchev–Trinajstić information content (AvgIpc) is 3.03. The summed E-state index contributed by atoms with van der Waals surface area (Å²) in [4.78, 5) is 0. The van der Waals surface area contributed by atoms with Crippen LogP contribution in [0.2, 0.25) is 0 Å². The Morgan fingerprint density at radius 1 is 1.09 bits per heavy atom. The maximum absolute atomic E-state index is 5.58. The van der Waals surface area contributed by atoms with Crippen molar-refractivity contribution in [2.75, 3.05) is 18.4 Å². The number of anilines is 1. The summed E-state index contributed by atoms with van der Waals surface area (Å²) < 4.78 is 5.58. The van der Waals surface area contributed by atoms with Crippen LogP contribution in [0, 0.1) is 0 Å². The van der Waals surface area contributed by atoms with Crippen LogP contribution < -0.4 is 11.1 Å². The second-order valence-corrected chi connectivity index (χ2v) is 6.10. The van der Waals surface area contributed by atoms with E-state index in [4.69, 9.17) is 10.2 Å². The van der Waals surface area contributed by atoms with Gasteiger partial charge in [0.2, 0.25) is 5.89 Å². The fourth-order valence-electron chi connectivity index (χ4n) is 3.38. The number of nitrogens with one attached hydrogen (secondary N) is 1. The van der Waals surface area contributed by atoms with E-state index in [1.54, 1.807) is 0 Å². The van der Waals surface area contributed by atoms with Gasteiger partial charge in [0.05, 0.1) is 0 Å². The van der Waals surface area contributed by atoms with Gasteiger partial charge >= 0.3 is 6.01 Å². The van der Waals surface area contributed by atoms with Gasteiger partial charge in [0.1, 0.15) is 0 Å². The Morgan fingerprint density at radius 2 is 1.83 bits per heavy atom. The third-order valence-corrected chi connectivity index (χ3v) is 4.60. The highest BCUT2D eigenvalue weighted by Gasteiger charge is 2.34. The van der Waals surface area contributed by atoms with Crippen molar-refractivity contribution in [3.63, 3.8) is 0 Å². The monoisotopic (exact) mass is 336 g/mol. The molecular weight excluding hydrogens is 312 g/mol. The van der Waals surface area contributed by atoms with Gasteiger partial charge in [-0.2, -0.15) is 0 Å². The summed E-state index contributed by atoms with van der Waals surface area (Å²) in [5, 5.41) is 11.4. The third-order valence-electron chi connectivity index (χ3n) is 4.60. The molecule has 1 aliphatic rings. The predicted octanol–water partition coefficient (Wildman–Crippen LogP) is 3.31. The Balaban J connectivity index is 0.00000192. The molecule has 1 saturated carbocycles. The molecule has 6 heteroatoms. The fourth-order valence-corrected chi connectivity index (χ4v) is 3.38. The van der Waals surface area contributed by atoms with Crippen LogP contribution in [-0.2, 0) is 11.8 Å². The minimum atomic E-state index is 0. The number of aromatic nitrogens is 2. The lowest BCUT2D eigenvalue weighted by Crippen LogP contribution is -2.36. The smallest absolute Gasteiger partial charge is 0.315 e. The zero-order valence-corrected chi connectivity index (χ0v) is 14.1. The van der Waals surface area contributed by atoms with Crippen molar-refractivity contribution in [3.05, 3.63) is 41.8 Å². The lowest BCUT2D eigenvalue weighted by Gasteiger charge is -2.37. The maximum atomic E-state index is 5.58. The highest BCUT2D eigenvalue weighted by Crippen LogP contribution is 2.39. The normalized spacial score (nSPS) is 16.6. The highest BCUT2D eigenvalue weighted by molar-refractivity contribution is 5.85. The van der Waals surface area contributed by atoms with Crippen LogP contribution in [0.15, 0.2) is 34.7 Å². The van der Waals surface area contributed by atoms with Gasteiger partial charge < -0.3 is 15.5 Å². The zero-order valence-electron chi connectivity index (χ0n) is 13.3. The Kier molecular flexibility index (Phi) is 6.42. The maximum Gasteiger partial charge on any atom is 0.315 e. The van der Waals surface area contributed by atoms with Crippen molar-refractivity contribution in [1.82, 2.24) is 10.2 Å². The molecule has 1 heterocycles. The van der Waals surface area contributed by atoms with Gasteiger partial charge in [-0.1, -0.05) is 54.7 Å². The number of hydrogen-bond acceptors (Lipinski definition) is 5. The lowest BCUT2D eigenvalue weighted by atomic mass is 9.69. The van der Waals surface area contributed by atoms with Crippen LogP contribution in [-0.4, -0.2) is 23.3 Å². The second-order valence-electron chi connectivity index (χ2n) is 6.10. The molecule has 1 aromatic heterocycles. The van der Waals surface area contributed by atoms with Crippen LogP contribution in [0.3, 0.4) is 0 Å². The standard InChI is InChI=1S/C17H24N4O.ClH/c18-12-9-15-20-21-16(22-15)19-13-17(10-5-2-6-11-17)14-7-3-1-4-8-14;/h1,3-4,7-8H,2,5-6,9-13,18H2,(H,19,21);1H. The van der Waals surface area contributed by atoms with E-state index >= 15 is 0 Å². The van der Waals surface area contributed by atoms with Crippen LogP contribution in [0.1, 0.15) is 43.6 Å². The number of hydrogen-bond donors (Lipinski definition) is 2. The summed E-state index contributed by atoms with van der Waals surface area (Å²) in [5.41, 5.74) is 7.08. The highest BCUT2D eigenvalue weighted by atomic mass is 35.5. The third kappa shape index (κ3) is 4.24. The molecule has 1 aliphatic carbocycles. The number of benzene rings is 1. The molecule has 126 valence electrons. The Labute approximate surface area is 143 Å². The van der Waals surface area contributed by atoms with Crippen molar-refractivity contribution < 1.29 is 4.42 Å². The summed E-state index contributed by atoms with van der Waals surface area (Å²) in [6.45, 7) is 1.36. The first-order valence-corrected chi connectivity index (χ1v) is 8.14. The van der Waals surface area contributed by atoms with Crippen LogP contribution in [0.5, 0.6) is 0 Å². The zero-order chi connectivity index (χ0) is 15.3. The Bertz CT molecular complexity index is 581. The molecule has 0 atom stereocenters. The lowest BCUT2D eigenvalue weighted by molar-refractivity contribution is 0.305. The van der Waals surface area contributed by atoms with Crippen molar-refractivity contribution in [1.29, 1.82) is 0 Å². The summed E-state index contributed by atoms with van der Waals surface area (Å²) in [6.07, 6.45) is 6.91. The summed E-state index contributed by atoms with van der Waals surface area (Å²) in [7, 11) is 0. The summed E-state index contributed by atoms with van der Waals surface area (Å²) in [6, 6.07) is 11.3. The quantitative estimate of drug-likeness (QED) is 0.846. The molecule has 0 spiro atoms. The summed E-state index contributed by atoms with van der Waals surface area (Å²) >= 11 is 0. The molecule has 0 unspecified atom stereocenters. The van der Waals surface area contributed by atoms with Crippen LogP contribution in [0.4, 0.5) is 6.01 Å². The van der Waals surface area contributed by atoms with Gasteiger partial charge in [-0.3, -0.25) is 0 Å². The van der Waals surface area contributed by atoms with E-state index in [1.807, 2.05) is 0 Å². The molecule has 5 nitrogen and oxygen atoms in total. The van der Waals surface area contributed by atoms with E-state index < -0.39 is 0 Å². The van der Waals surface area contributed by atoms with Gasteiger partial charge in [-0.15, -0.1) is 17.5 Å². The van der Waals surface area contributed by atoms with Crippen LogP contribution >= 0.6 is 12.4 Å². The molecule has 23 heavy (non-hydrogen) atoms. The first-order valence-electron chi connectivity index (χ1n) is 8.14. The van der Waals surface area contributed by atoms with E-state index in [1.165, 1.54) is 37.7 Å². The van der Waals surface area contributed by atoms with Crippen LogP contribution in [0.25, 0.3) is 0 Å². The first kappa shape index (κ1) is 17.8. The van der Waals surface area contributed by atoms with E-state index in [-0.39, 0.29) is 17.8 Å². The molecule has 0 bridgehead atoms. The van der Waals surface area contributed by atoms with Gasteiger partial charge in [0.25, 0.3) is 0 Å². The van der Waals surface area contributed by atoms with E-state index in [9.17, 15) is 0 Å². The molecule has 3 N–H and O–H groups in total. The molecule has 2 aromatic rings. The second kappa shape index (κ2) is 8.31. The average molecular weight is 337 g/mol. The molecule has 0 radical (unpaired) electrons. The molecular formula is C17H25ClN4O. The largest absolute Gasteiger partial charge is 0.408 e. The Morgan fingerprint density at radius 3 is 2.52 bits per heavy atom. The van der Waals surface area contributed by atoms with Crippen molar-refractivity contribution in [3.8, 4) is 0 Å². The first-order chi connectivity index (χ1) is 10.8. The molecule has 1 aromatic carbocycles. The number of nitrogens with two attached hydrogens (primary N) is 1. The Hall–Kier alpha value is -1.59. The minimum absolute atomic E-state index is 0. The van der Waals surface area contributed by atoms with E-state index in [0.717, 1.165) is 6.54 Å². The molecule has 3 rings (SSSR count). The van der Waals surface area contributed by atoms with E-state index in [0.29, 0.717) is 24.9 Å². The number of nitrogens with zero attached hydrogens (tertiary/aromatic N) is 2. The van der Waals surface area contributed by atoms with Gasteiger partial charge in [0, 0.05) is 24.9 Å². The summed E-state index contributed by atoms with van der Waals surface area (Å²) in [5.74, 6) is 0.599. The molecule has 1 fully saturated rings. The molecule has 0 aliphatic heterocycles. The van der Waals surface area contributed by atoms with Crippen molar-refractivity contribution in [2.24, 2.45) is 5.73 Å². The van der Waals surface area contributed by atoms with Crippen molar-refractivity contribution >= 4 is 18.4 Å².